The van der Waals surface area contributed by atoms with Crippen LogP contribution in [0.5, 0.6) is 0 Å². The van der Waals surface area contributed by atoms with E-state index in [9.17, 15) is 0 Å². The van der Waals surface area contributed by atoms with E-state index in [1.807, 2.05) is 0 Å². The molecule has 0 radical (unpaired) electrons. The largest absolute Gasteiger partial charge is 0.348 e. The summed E-state index contributed by atoms with van der Waals surface area (Å²) in [6, 6.07) is 15.8. The zero-order chi connectivity index (χ0) is 17.8. The highest BCUT2D eigenvalue weighted by Crippen LogP contribution is 2.49. The minimum Gasteiger partial charge on any atom is -0.348 e. The first-order valence-corrected chi connectivity index (χ1v) is 9.24. The topological polar surface area (TPSA) is 3.24 Å². The van der Waals surface area contributed by atoms with E-state index in [1.54, 1.807) is 0 Å². The minimum absolute atomic E-state index is 0.0656. The van der Waals surface area contributed by atoms with E-state index in [0.717, 1.165) is 6.42 Å². The highest BCUT2D eigenvalue weighted by molar-refractivity contribution is 5.82. The van der Waals surface area contributed by atoms with Crippen molar-refractivity contribution in [3.8, 4) is 11.1 Å². The summed E-state index contributed by atoms with van der Waals surface area (Å²) in [4.78, 5) is 2.37. The van der Waals surface area contributed by atoms with Crippen LogP contribution < -0.4 is 4.90 Å². The molecule has 1 nitrogen and oxygen atoms in total. The second-order valence-corrected chi connectivity index (χ2v) is 8.06. The van der Waals surface area contributed by atoms with Gasteiger partial charge >= 0.3 is 0 Å². The van der Waals surface area contributed by atoms with E-state index >= 15 is 0 Å². The van der Waals surface area contributed by atoms with Crippen LogP contribution in [0.2, 0.25) is 0 Å². The number of hydrogen-bond acceptors (Lipinski definition) is 1. The van der Waals surface area contributed by atoms with Crippen LogP contribution in [0.3, 0.4) is 0 Å². The predicted molar refractivity (Wildman–Crippen MR) is 108 cm³/mol. The van der Waals surface area contributed by atoms with E-state index in [4.69, 9.17) is 0 Å². The van der Waals surface area contributed by atoms with E-state index in [0.29, 0.717) is 0 Å². The molecule has 0 amide bonds. The highest BCUT2D eigenvalue weighted by atomic mass is 15.1. The molecule has 0 saturated heterocycles. The Morgan fingerprint density at radius 3 is 2.36 bits per heavy atom. The van der Waals surface area contributed by atoms with Crippen LogP contribution in [0, 0.1) is 0 Å². The summed E-state index contributed by atoms with van der Waals surface area (Å²) in [6.07, 6.45) is 4.65. The maximum Gasteiger partial charge on any atom is 0.0409 e. The quantitative estimate of drug-likeness (QED) is 0.612. The Labute approximate surface area is 151 Å². The summed E-state index contributed by atoms with van der Waals surface area (Å²) < 4.78 is 0. The molecule has 2 aliphatic rings. The summed E-state index contributed by atoms with van der Waals surface area (Å²) >= 11 is 0. The number of allylic oxidation sites excluding steroid dienone is 4. The van der Waals surface area contributed by atoms with Gasteiger partial charge < -0.3 is 4.90 Å². The molecule has 2 aromatic rings. The van der Waals surface area contributed by atoms with Crippen LogP contribution >= 0.6 is 0 Å². The number of hydrogen-bond donors (Lipinski definition) is 0. The van der Waals surface area contributed by atoms with E-state index < -0.39 is 0 Å². The van der Waals surface area contributed by atoms with Gasteiger partial charge in [0.05, 0.1) is 0 Å². The number of anilines is 1. The number of nitrogens with zero attached hydrogens (tertiary/aromatic N) is 1. The monoisotopic (exact) mass is 329 g/mol. The average molecular weight is 329 g/mol. The van der Waals surface area contributed by atoms with Gasteiger partial charge in [0.1, 0.15) is 0 Å². The third-order valence-electron chi connectivity index (χ3n) is 6.20. The van der Waals surface area contributed by atoms with Crippen LogP contribution in [-0.2, 0) is 5.41 Å². The molecule has 0 atom stereocenters. The van der Waals surface area contributed by atoms with E-state index in [-0.39, 0.29) is 5.41 Å². The summed E-state index contributed by atoms with van der Waals surface area (Å²) in [5, 5.41) is 0. The molecule has 0 spiro atoms. The van der Waals surface area contributed by atoms with Crippen molar-refractivity contribution in [3.63, 3.8) is 0 Å². The van der Waals surface area contributed by atoms with Gasteiger partial charge in [0.15, 0.2) is 0 Å². The third-order valence-corrected chi connectivity index (χ3v) is 6.20. The first kappa shape index (κ1) is 16.2. The van der Waals surface area contributed by atoms with E-state index in [1.165, 1.54) is 51.2 Å². The molecular weight excluding hydrogens is 302 g/mol. The lowest BCUT2D eigenvalue weighted by Crippen LogP contribution is -2.20. The smallest absolute Gasteiger partial charge is 0.0409 e. The maximum absolute atomic E-state index is 2.40. The Hall–Kier alpha value is -2.28. The fourth-order valence-electron chi connectivity index (χ4n) is 4.29. The van der Waals surface area contributed by atoms with Crippen molar-refractivity contribution in [2.75, 3.05) is 11.9 Å². The zero-order valence-corrected chi connectivity index (χ0v) is 16.0. The van der Waals surface area contributed by atoms with Crippen molar-refractivity contribution in [2.45, 2.75) is 46.0 Å². The summed E-state index contributed by atoms with van der Waals surface area (Å²) in [5.41, 5.74) is 11.4. The summed E-state index contributed by atoms with van der Waals surface area (Å²) in [7, 11) is 2.20. The van der Waals surface area contributed by atoms with Gasteiger partial charge in [-0.25, -0.2) is 0 Å². The molecule has 0 bridgehead atoms. The minimum atomic E-state index is 0.0656. The Balaban J connectivity index is 1.77. The molecule has 0 heterocycles. The van der Waals surface area contributed by atoms with Crippen molar-refractivity contribution >= 4 is 5.69 Å². The normalized spacial score (nSPS) is 17.9. The van der Waals surface area contributed by atoms with Crippen molar-refractivity contribution < 1.29 is 0 Å². The molecule has 2 aromatic carbocycles. The number of benzene rings is 2. The van der Waals surface area contributed by atoms with Gasteiger partial charge in [0.2, 0.25) is 0 Å². The standard InChI is InChI=1S/C24H27N/c1-16-10-11-18(14-17(16)2)25(5)19-12-13-21-20-8-6-7-9-22(20)24(3,4)23(21)15-19/h6-9,12-15H,10-11H2,1-5H3. The molecule has 2 aliphatic carbocycles. The third kappa shape index (κ3) is 2.45. The first-order valence-electron chi connectivity index (χ1n) is 9.24. The highest BCUT2D eigenvalue weighted by Gasteiger charge is 2.35. The van der Waals surface area contributed by atoms with Crippen LogP contribution in [-0.4, -0.2) is 7.05 Å². The van der Waals surface area contributed by atoms with Gasteiger partial charge in [-0.05, 0) is 67.2 Å². The molecule has 0 aliphatic heterocycles. The van der Waals surface area contributed by atoms with Gasteiger partial charge in [-0.3, -0.25) is 0 Å². The van der Waals surface area contributed by atoms with Gasteiger partial charge in [0.25, 0.3) is 0 Å². The lowest BCUT2D eigenvalue weighted by Gasteiger charge is -2.28. The molecule has 25 heavy (non-hydrogen) atoms. The Morgan fingerprint density at radius 2 is 1.60 bits per heavy atom. The lowest BCUT2D eigenvalue weighted by atomic mass is 9.82. The molecule has 0 fully saturated rings. The summed E-state index contributed by atoms with van der Waals surface area (Å²) in [6.45, 7) is 9.16. The van der Waals surface area contributed by atoms with Crippen molar-refractivity contribution in [1.29, 1.82) is 0 Å². The average Bonchev–Trinajstić information content (AvgIpc) is 2.85. The van der Waals surface area contributed by atoms with Crippen LogP contribution in [0.1, 0.15) is 51.7 Å². The number of fused-ring (bicyclic) bond motifs is 3. The molecule has 0 saturated carbocycles. The van der Waals surface area contributed by atoms with Crippen molar-refractivity contribution in [2.24, 2.45) is 0 Å². The Bertz CT molecular complexity index is 911. The van der Waals surface area contributed by atoms with Gasteiger partial charge in [0, 0.05) is 23.8 Å². The molecule has 1 heteroatoms. The van der Waals surface area contributed by atoms with Crippen molar-refractivity contribution in [3.05, 3.63) is 76.5 Å². The van der Waals surface area contributed by atoms with Gasteiger partial charge in [-0.15, -0.1) is 0 Å². The first-order chi connectivity index (χ1) is 11.9. The van der Waals surface area contributed by atoms with Crippen LogP contribution in [0.15, 0.2) is 65.4 Å². The molecule has 128 valence electrons. The molecule has 0 N–H and O–H groups in total. The fourth-order valence-corrected chi connectivity index (χ4v) is 4.29. The second-order valence-electron chi connectivity index (χ2n) is 8.06. The molecule has 0 unspecified atom stereocenters. The van der Waals surface area contributed by atoms with Crippen LogP contribution in [0.25, 0.3) is 11.1 Å². The molecule has 4 rings (SSSR count). The number of rotatable bonds is 2. The lowest BCUT2D eigenvalue weighted by molar-refractivity contribution is 0.660. The van der Waals surface area contributed by atoms with Crippen LogP contribution in [0.4, 0.5) is 5.69 Å². The molecular formula is C24H27N. The SMILES string of the molecule is CC1=C(C)CCC(N(C)c2ccc3c(c2)C(C)(C)c2ccccc2-3)=C1. The van der Waals surface area contributed by atoms with E-state index in [2.05, 4.69) is 88.2 Å². The van der Waals surface area contributed by atoms with Gasteiger partial charge in [-0.2, -0.15) is 0 Å². The van der Waals surface area contributed by atoms with Gasteiger partial charge in [-0.1, -0.05) is 55.3 Å². The predicted octanol–water partition coefficient (Wildman–Crippen LogP) is 6.44. The maximum atomic E-state index is 2.40. The zero-order valence-electron chi connectivity index (χ0n) is 16.0. The fraction of sp³-hybridized carbons (Fsp3) is 0.333. The Morgan fingerprint density at radius 1 is 0.880 bits per heavy atom. The summed E-state index contributed by atoms with van der Waals surface area (Å²) in [5.74, 6) is 0. The Kier molecular flexibility index (Phi) is 3.64. The molecule has 0 aromatic heterocycles. The van der Waals surface area contributed by atoms with Crippen molar-refractivity contribution in [1.82, 2.24) is 0 Å². The second kappa shape index (κ2) is 5.62.